The van der Waals surface area contributed by atoms with Crippen molar-refractivity contribution in [1.82, 2.24) is 0 Å². The maximum atomic E-state index is 13.9. The molecule has 3 saturated carbocycles. The predicted octanol–water partition coefficient (Wildman–Crippen LogP) is 4.76. The van der Waals surface area contributed by atoms with Crippen molar-refractivity contribution < 1.29 is 34.0 Å². The lowest BCUT2D eigenvalue weighted by Gasteiger charge is -2.59. The first-order chi connectivity index (χ1) is 21.0. The molecule has 4 N–H and O–H groups in total. The first-order valence-electron chi connectivity index (χ1n) is 15.7. The van der Waals surface area contributed by atoms with Crippen LogP contribution in [0.15, 0.2) is 66.3 Å². The molecule has 8 nitrogen and oxygen atoms in total. The Kier molecular flexibility index (Phi) is 6.94. The third kappa shape index (κ3) is 4.11. The Hall–Kier alpha value is -3.30. The molecule has 9 atom stereocenters. The van der Waals surface area contributed by atoms with Crippen molar-refractivity contribution in [3.8, 4) is 5.75 Å². The van der Waals surface area contributed by atoms with Crippen molar-refractivity contribution in [2.24, 2.45) is 28.6 Å². The lowest BCUT2D eigenvalue weighted by atomic mass is 9.46. The van der Waals surface area contributed by atoms with E-state index in [0.717, 1.165) is 35.1 Å². The zero-order chi connectivity index (χ0) is 31.0. The number of Topliss-reactive ketones (excluding diaryl/α,β-unsaturated/α-hetero) is 1. The molecule has 1 aliphatic heterocycles. The standard InChI is InChI=1S/C36H41NO7/c1-20-8-10-24(42-19-21-6-4-5-7-28(21)37)15-26(20)33-43-31-16-27-25-11-9-22-14-23(39)12-13-34(22,2)32(25)29(40)17-35(27,3)36(31,44-33)30(41)18-38/h4-8,10,12-15,25,27,29,31-33,38,40H,9,11,16-19,37H2,1-3H3/t25-,27-,29-,31+,32+,33+,34-,35-,36+/m0/s1. The molecule has 0 unspecified atom stereocenters. The van der Waals surface area contributed by atoms with E-state index in [-0.39, 0.29) is 23.5 Å². The number of nitrogen functional groups attached to an aromatic ring is 1. The van der Waals surface area contributed by atoms with Gasteiger partial charge >= 0.3 is 0 Å². The second kappa shape index (κ2) is 10.4. The Morgan fingerprint density at radius 3 is 2.75 bits per heavy atom. The van der Waals surface area contributed by atoms with Crippen molar-refractivity contribution in [3.05, 3.63) is 83.0 Å². The summed E-state index contributed by atoms with van der Waals surface area (Å²) < 4.78 is 19.5. The van der Waals surface area contributed by atoms with E-state index in [1.807, 2.05) is 62.4 Å². The Bertz CT molecular complexity index is 1580. The number of nitrogens with two attached hydrogens (primary N) is 1. The minimum Gasteiger partial charge on any atom is -0.489 e. The lowest BCUT2D eigenvalue weighted by molar-refractivity contribution is -0.201. The molecular weight excluding hydrogens is 558 g/mol. The first-order valence-corrected chi connectivity index (χ1v) is 15.7. The van der Waals surface area contributed by atoms with Crippen LogP contribution in [0.4, 0.5) is 5.69 Å². The molecular formula is C36H41NO7. The highest BCUT2D eigenvalue weighted by molar-refractivity contribution is 6.01. The predicted molar refractivity (Wildman–Crippen MR) is 163 cm³/mol. The van der Waals surface area contributed by atoms with Crippen LogP contribution >= 0.6 is 0 Å². The number of anilines is 1. The molecule has 4 aliphatic carbocycles. The molecule has 2 aromatic carbocycles. The zero-order valence-corrected chi connectivity index (χ0v) is 25.5. The van der Waals surface area contributed by atoms with Crippen molar-refractivity contribution in [2.45, 2.75) is 77.2 Å². The van der Waals surface area contributed by atoms with Crippen LogP contribution < -0.4 is 10.5 Å². The van der Waals surface area contributed by atoms with Gasteiger partial charge in [-0.2, -0.15) is 0 Å². The molecule has 0 spiro atoms. The van der Waals surface area contributed by atoms with Gasteiger partial charge in [-0.1, -0.05) is 49.8 Å². The van der Waals surface area contributed by atoms with Gasteiger partial charge in [0, 0.05) is 33.6 Å². The summed E-state index contributed by atoms with van der Waals surface area (Å²) in [5, 5.41) is 22.2. The highest BCUT2D eigenvalue weighted by Gasteiger charge is 2.76. The molecule has 2 aromatic rings. The number of ether oxygens (including phenoxy) is 3. The topological polar surface area (TPSA) is 128 Å². The Balaban J connectivity index is 1.20. The van der Waals surface area contributed by atoms with Crippen molar-refractivity contribution in [1.29, 1.82) is 0 Å². The molecule has 232 valence electrons. The largest absolute Gasteiger partial charge is 0.489 e. The summed E-state index contributed by atoms with van der Waals surface area (Å²) in [6.07, 6.45) is 5.72. The van der Waals surface area contributed by atoms with E-state index in [4.69, 9.17) is 19.9 Å². The summed E-state index contributed by atoms with van der Waals surface area (Å²) in [5.74, 6) is 0.266. The minimum absolute atomic E-state index is 0.00393. The van der Waals surface area contributed by atoms with Gasteiger partial charge in [0.1, 0.15) is 19.0 Å². The van der Waals surface area contributed by atoms with Crippen molar-refractivity contribution >= 4 is 17.3 Å². The van der Waals surface area contributed by atoms with Gasteiger partial charge in [-0.05, 0) is 80.4 Å². The van der Waals surface area contributed by atoms with Gasteiger partial charge in [0.25, 0.3) is 0 Å². The number of allylic oxidation sites excluding steroid dienone is 4. The SMILES string of the molecule is Cc1ccc(OCc2ccccc2N)cc1[C@@H]1O[C@@H]2C[C@H]3[C@@H]4CCC5=CC(=O)C=C[C@]5(C)[C@H]4[C@@H](O)C[C@]3(C)[C@]2(C(=O)CO)O1. The fourth-order valence-corrected chi connectivity index (χ4v) is 9.61. The summed E-state index contributed by atoms with van der Waals surface area (Å²) in [6.45, 7) is 5.76. The number of aryl methyl sites for hydroxylation is 1. The van der Waals surface area contributed by atoms with E-state index in [1.165, 1.54) is 0 Å². The normalized spacial score (nSPS) is 38.8. The highest BCUT2D eigenvalue weighted by Crippen LogP contribution is 2.70. The van der Waals surface area contributed by atoms with Crippen molar-refractivity contribution in [3.63, 3.8) is 0 Å². The average molecular weight is 600 g/mol. The van der Waals surface area contributed by atoms with Gasteiger partial charge in [0.05, 0.1) is 12.2 Å². The smallest absolute Gasteiger partial charge is 0.193 e. The molecule has 5 aliphatic rings. The van der Waals surface area contributed by atoms with E-state index >= 15 is 0 Å². The molecule has 7 rings (SSSR count). The number of hydrogen-bond donors (Lipinski definition) is 3. The van der Waals surface area contributed by atoms with Gasteiger partial charge in [-0.3, -0.25) is 9.59 Å². The number of rotatable bonds is 6. The number of aliphatic hydroxyl groups is 2. The second-order valence-corrected chi connectivity index (χ2v) is 13.8. The number of hydrogen-bond acceptors (Lipinski definition) is 8. The van der Waals surface area contributed by atoms with Gasteiger partial charge in [-0.25, -0.2) is 0 Å². The third-order valence-electron chi connectivity index (χ3n) is 11.7. The Morgan fingerprint density at radius 1 is 1.18 bits per heavy atom. The quantitative estimate of drug-likeness (QED) is 0.406. The number of aliphatic hydroxyl groups excluding tert-OH is 2. The average Bonchev–Trinajstić information content (AvgIpc) is 3.50. The van der Waals surface area contributed by atoms with Gasteiger partial charge in [-0.15, -0.1) is 0 Å². The summed E-state index contributed by atoms with van der Waals surface area (Å²) >= 11 is 0. The van der Waals surface area contributed by atoms with Gasteiger partial charge in [0.15, 0.2) is 23.5 Å². The monoisotopic (exact) mass is 599 g/mol. The zero-order valence-electron chi connectivity index (χ0n) is 25.5. The Morgan fingerprint density at radius 2 is 1.98 bits per heavy atom. The second-order valence-electron chi connectivity index (χ2n) is 13.8. The lowest BCUT2D eigenvalue weighted by Crippen LogP contribution is -2.63. The number of ketones is 2. The molecule has 8 heteroatoms. The molecule has 0 amide bonds. The van der Waals surface area contributed by atoms with Crippen LogP contribution in [-0.4, -0.2) is 46.2 Å². The number of carbonyl (C=O) groups excluding carboxylic acids is 2. The van der Waals surface area contributed by atoms with Gasteiger partial charge < -0.3 is 30.2 Å². The van der Waals surface area contributed by atoms with E-state index in [1.54, 1.807) is 12.2 Å². The molecule has 1 saturated heterocycles. The molecule has 0 aromatic heterocycles. The maximum Gasteiger partial charge on any atom is 0.193 e. The fraction of sp³-hybridized carbons (Fsp3) is 0.500. The van der Waals surface area contributed by atoms with Crippen LogP contribution in [-0.2, 0) is 25.7 Å². The van der Waals surface area contributed by atoms with Crippen LogP contribution in [0.2, 0.25) is 0 Å². The number of fused-ring (bicyclic) bond motifs is 7. The molecule has 4 fully saturated rings. The first kappa shape index (κ1) is 29.4. The van der Waals surface area contributed by atoms with Crippen LogP contribution in [0, 0.1) is 35.5 Å². The van der Waals surface area contributed by atoms with Crippen molar-refractivity contribution in [2.75, 3.05) is 12.3 Å². The number of benzene rings is 2. The van der Waals surface area contributed by atoms with E-state index in [2.05, 4.69) is 6.92 Å². The maximum absolute atomic E-state index is 13.9. The molecule has 0 radical (unpaired) electrons. The summed E-state index contributed by atoms with van der Waals surface area (Å²) in [4.78, 5) is 26.1. The highest BCUT2D eigenvalue weighted by atomic mass is 16.7. The van der Waals surface area contributed by atoms with Crippen LogP contribution in [0.3, 0.4) is 0 Å². The Labute approximate surface area is 257 Å². The molecule has 1 heterocycles. The van der Waals surface area contributed by atoms with Gasteiger partial charge in [0.2, 0.25) is 0 Å². The van der Waals surface area contributed by atoms with E-state index in [0.29, 0.717) is 30.9 Å². The molecule has 44 heavy (non-hydrogen) atoms. The third-order valence-corrected chi connectivity index (χ3v) is 11.7. The van der Waals surface area contributed by atoms with Crippen LogP contribution in [0.5, 0.6) is 5.75 Å². The number of carbonyl (C=O) groups is 2. The number of para-hydroxylation sites is 1. The van der Waals surface area contributed by atoms with E-state index in [9.17, 15) is 19.8 Å². The molecule has 0 bridgehead atoms. The summed E-state index contributed by atoms with van der Waals surface area (Å²) in [5.41, 5.74) is 7.82. The van der Waals surface area contributed by atoms with E-state index < -0.39 is 47.3 Å². The summed E-state index contributed by atoms with van der Waals surface area (Å²) in [6, 6.07) is 13.3. The summed E-state index contributed by atoms with van der Waals surface area (Å²) in [7, 11) is 0. The minimum atomic E-state index is -1.40. The van der Waals surface area contributed by atoms with Crippen LogP contribution in [0.25, 0.3) is 0 Å². The fourth-order valence-electron chi connectivity index (χ4n) is 9.61. The van der Waals surface area contributed by atoms with Crippen LogP contribution in [0.1, 0.15) is 62.5 Å².